The van der Waals surface area contributed by atoms with Gasteiger partial charge >= 0.3 is 0 Å². The minimum Gasteiger partial charge on any atom is -0.378 e. The van der Waals surface area contributed by atoms with Gasteiger partial charge in [0.05, 0.1) is 0 Å². The lowest BCUT2D eigenvalue weighted by molar-refractivity contribution is 0.748. The number of nitrogens with zero attached hydrogens (tertiary/aromatic N) is 1. The van der Waals surface area contributed by atoms with Crippen LogP contribution in [-0.2, 0) is 12.8 Å². The maximum Gasteiger partial charge on any atom is 0.0498 e. The van der Waals surface area contributed by atoms with Gasteiger partial charge in [0.1, 0.15) is 0 Å². The second kappa shape index (κ2) is 7.75. The molecule has 132 valence electrons. The van der Waals surface area contributed by atoms with Gasteiger partial charge in [-0.2, -0.15) is 0 Å². The molecule has 3 N–H and O–H groups in total. The second-order valence-electron chi connectivity index (χ2n) is 6.86. The molecule has 2 aromatic carbocycles. The Labute approximate surface area is 150 Å². The highest BCUT2D eigenvalue weighted by atomic mass is 15.1. The van der Waals surface area contributed by atoms with Gasteiger partial charge in [-0.15, -0.1) is 0 Å². The summed E-state index contributed by atoms with van der Waals surface area (Å²) in [5.41, 5.74) is 13.6. The number of rotatable bonds is 7. The number of benzene rings is 2. The van der Waals surface area contributed by atoms with E-state index in [9.17, 15) is 0 Å². The molecule has 3 rings (SSSR count). The lowest BCUT2D eigenvalue weighted by Gasteiger charge is -2.14. The molecule has 1 aromatic heterocycles. The van der Waals surface area contributed by atoms with Crippen LogP contribution in [0.4, 0.5) is 5.69 Å². The summed E-state index contributed by atoms with van der Waals surface area (Å²) in [5, 5.41) is 1.36. The number of H-pyrrole nitrogens is 1. The first-order chi connectivity index (χ1) is 12.2. The number of nitrogens with two attached hydrogens (primary N) is 1. The fraction of sp³-hybridized carbons (Fsp3) is 0.364. The summed E-state index contributed by atoms with van der Waals surface area (Å²) in [4.78, 5) is 5.89. The summed E-state index contributed by atoms with van der Waals surface area (Å²) in [6.07, 6.45) is 4.29. The van der Waals surface area contributed by atoms with E-state index in [-0.39, 0.29) is 0 Å². The molecular weight excluding hydrogens is 306 g/mol. The standard InChI is InChI=1S/C22H29N3/c1-4-16-9-8-13-20-19(12-5-6-14-23)22(24-21(16)20)17-10-7-11-18(15-17)25(2)3/h7-11,13,15,24H,4-6,12,14,23H2,1-3H3. The van der Waals surface area contributed by atoms with Gasteiger partial charge in [0.2, 0.25) is 0 Å². The third-order valence-corrected chi connectivity index (χ3v) is 4.94. The number of nitrogens with one attached hydrogen (secondary N) is 1. The zero-order valence-corrected chi connectivity index (χ0v) is 15.6. The van der Waals surface area contributed by atoms with Crippen LogP contribution in [0, 0.1) is 0 Å². The predicted molar refractivity (Wildman–Crippen MR) is 109 cm³/mol. The number of anilines is 1. The van der Waals surface area contributed by atoms with Crippen LogP contribution in [0.1, 0.15) is 30.9 Å². The molecule has 0 fully saturated rings. The minimum absolute atomic E-state index is 0.758. The van der Waals surface area contributed by atoms with Crippen LogP contribution in [0.2, 0.25) is 0 Å². The predicted octanol–water partition coefficient (Wildman–Crippen LogP) is 4.74. The molecule has 25 heavy (non-hydrogen) atoms. The number of hydrogen-bond donors (Lipinski definition) is 2. The Kier molecular flexibility index (Phi) is 5.44. The molecule has 3 heteroatoms. The molecule has 0 atom stereocenters. The number of fused-ring (bicyclic) bond motifs is 1. The van der Waals surface area contributed by atoms with E-state index in [0.717, 1.165) is 32.2 Å². The van der Waals surface area contributed by atoms with E-state index in [1.54, 1.807) is 0 Å². The number of aryl methyl sites for hydroxylation is 2. The van der Waals surface area contributed by atoms with E-state index >= 15 is 0 Å². The number of aromatic amines is 1. The zero-order valence-electron chi connectivity index (χ0n) is 15.6. The van der Waals surface area contributed by atoms with Crippen molar-refractivity contribution < 1.29 is 0 Å². The van der Waals surface area contributed by atoms with E-state index in [4.69, 9.17) is 5.73 Å². The van der Waals surface area contributed by atoms with Gasteiger partial charge in [-0.05, 0) is 55.5 Å². The Morgan fingerprint density at radius 1 is 1.04 bits per heavy atom. The topological polar surface area (TPSA) is 45.0 Å². The fourth-order valence-electron chi connectivity index (χ4n) is 3.52. The molecule has 3 nitrogen and oxygen atoms in total. The van der Waals surface area contributed by atoms with Crippen molar-refractivity contribution in [3.8, 4) is 11.3 Å². The Balaban J connectivity index is 2.15. The molecule has 0 radical (unpaired) electrons. The van der Waals surface area contributed by atoms with Crippen molar-refractivity contribution in [2.75, 3.05) is 25.5 Å². The average Bonchev–Trinajstić information content (AvgIpc) is 3.01. The summed E-state index contributed by atoms with van der Waals surface area (Å²) < 4.78 is 0. The lowest BCUT2D eigenvalue weighted by Crippen LogP contribution is -2.08. The first-order valence-electron chi connectivity index (χ1n) is 9.26. The Hall–Kier alpha value is -2.26. The first kappa shape index (κ1) is 17.6. The number of aromatic nitrogens is 1. The summed E-state index contributed by atoms with van der Waals surface area (Å²) in [6, 6.07) is 15.4. The van der Waals surface area contributed by atoms with E-state index in [1.807, 2.05) is 0 Å². The molecular formula is C22H29N3. The number of para-hydroxylation sites is 1. The van der Waals surface area contributed by atoms with Crippen LogP contribution >= 0.6 is 0 Å². The summed E-state index contributed by atoms with van der Waals surface area (Å²) >= 11 is 0. The van der Waals surface area contributed by atoms with Gasteiger partial charge in [0.15, 0.2) is 0 Å². The third kappa shape index (κ3) is 3.57. The largest absolute Gasteiger partial charge is 0.378 e. The zero-order chi connectivity index (χ0) is 17.8. The van der Waals surface area contributed by atoms with Crippen molar-refractivity contribution in [1.82, 2.24) is 4.98 Å². The maximum absolute atomic E-state index is 5.72. The average molecular weight is 335 g/mol. The SMILES string of the molecule is CCc1cccc2c(CCCCN)c(-c3cccc(N(C)C)c3)[nH]c12. The Morgan fingerprint density at radius 3 is 2.56 bits per heavy atom. The van der Waals surface area contributed by atoms with E-state index in [1.165, 1.54) is 39.0 Å². The molecule has 0 bridgehead atoms. The van der Waals surface area contributed by atoms with Crippen LogP contribution in [0.25, 0.3) is 22.2 Å². The summed E-state index contributed by atoms with van der Waals surface area (Å²) in [5.74, 6) is 0. The Bertz CT molecular complexity index is 846. The molecule has 0 spiro atoms. The number of unbranched alkanes of at least 4 members (excludes halogenated alkanes) is 1. The molecule has 0 saturated heterocycles. The summed E-state index contributed by atoms with van der Waals surface area (Å²) in [7, 11) is 4.17. The van der Waals surface area contributed by atoms with E-state index < -0.39 is 0 Å². The van der Waals surface area contributed by atoms with Crippen molar-refractivity contribution in [1.29, 1.82) is 0 Å². The van der Waals surface area contributed by atoms with Gasteiger partial charge in [0.25, 0.3) is 0 Å². The molecule has 0 aliphatic heterocycles. The molecule has 0 unspecified atom stereocenters. The normalized spacial score (nSPS) is 11.2. The van der Waals surface area contributed by atoms with Gasteiger partial charge in [-0.25, -0.2) is 0 Å². The minimum atomic E-state index is 0.758. The van der Waals surface area contributed by atoms with Gasteiger partial charge < -0.3 is 15.6 Å². The highest BCUT2D eigenvalue weighted by Gasteiger charge is 2.15. The molecule has 0 amide bonds. The van der Waals surface area contributed by atoms with Gasteiger partial charge in [0, 0.05) is 41.9 Å². The first-order valence-corrected chi connectivity index (χ1v) is 9.26. The highest BCUT2D eigenvalue weighted by molar-refractivity contribution is 5.93. The Morgan fingerprint density at radius 2 is 1.84 bits per heavy atom. The van der Waals surface area contributed by atoms with Crippen molar-refractivity contribution in [3.63, 3.8) is 0 Å². The highest BCUT2D eigenvalue weighted by Crippen LogP contribution is 2.34. The summed E-state index contributed by atoms with van der Waals surface area (Å²) in [6.45, 7) is 2.98. The van der Waals surface area contributed by atoms with Crippen LogP contribution in [0.3, 0.4) is 0 Å². The smallest absolute Gasteiger partial charge is 0.0498 e. The lowest BCUT2D eigenvalue weighted by atomic mass is 9.99. The third-order valence-electron chi connectivity index (χ3n) is 4.94. The quantitative estimate of drug-likeness (QED) is 0.612. The van der Waals surface area contributed by atoms with Crippen LogP contribution in [-0.4, -0.2) is 25.6 Å². The maximum atomic E-state index is 5.72. The monoisotopic (exact) mass is 335 g/mol. The van der Waals surface area contributed by atoms with Crippen molar-refractivity contribution in [2.24, 2.45) is 5.73 Å². The van der Waals surface area contributed by atoms with Crippen LogP contribution in [0.15, 0.2) is 42.5 Å². The van der Waals surface area contributed by atoms with Crippen LogP contribution < -0.4 is 10.6 Å². The van der Waals surface area contributed by atoms with Crippen molar-refractivity contribution >= 4 is 16.6 Å². The van der Waals surface area contributed by atoms with E-state index in [0.29, 0.717) is 0 Å². The molecule has 1 heterocycles. The molecule has 0 saturated carbocycles. The molecule has 0 aliphatic rings. The van der Waals surface area contributed by atoms with Gasteiger partial charge in [-0.1, -0.05) is 37.3 Å². The fourth-order valence-corrected chi connectivity index (χ4v) is 3.52. The molecule has 3 aromatic rings. The van der Waals surface area contributed by atoms with E-state index in [2.05, 4.69) is 73.4 Å². The van der Waals surface area contributed by atoms with Crippen molar-refractivity contribution in [3.05, 3.63) is 53.6 Å². The second-order valence-corrected chi connectivity index (χ2v) is 6.86. The van der Waals surface area contributed by atoms with Gasteiger partial charge in [-0.3, -0.25) is 0 Å². The number of hydrogen-bond acceptors (Lipinski definition) is 2. The molecule has 0 aliphatic carbocycles. The van der Waals surface area contributed by atoms with Crippen molar-refractivity contribution in [2.45, 2.75) is 32.6 Å². The van der Waals surface area contributed by atoms with Crippen LogP contribution in [0.5, 0.6) is 0 Å².